The lowest BCUT2D eigenvalue weighted by Crippen LogP contribution is -2.22. The highest BCUT2D eigenvalue weighted by molar-refractivity contribution is 7.15. The van der Waals surface area contributed by atoms with Crippen LogP contribution in [0.4, 0.5) is 5.13 Å². The predicted molar refractivity (Wildman–Crippen MR) is 117 cm³/mol. The van der Waals surface area contributed by atoms with E-state index in [0.29, 0.717) is 11.2 Å². The number of nitrogens with one attached hydrogen (secondary N) is 1. The lowest BCUT2D eigenvalue weighted by atomic mass is 10.0. The van der Waals surface area contributed by atoms with Crippen LogP contribution >= 0.6 is 11.3 Å². The van der Waals surface area contributed by atoms with Gasteiger partial charge in [-0.1, -0.05) is 24.3 Å². The second-order valence-corrected chi connectivity index (χ2v) is 8.74. The molecule has 0 radical (unpaired) electrons. The number of amides is 1. The van der Waals surface area contributed by atoms with Gasteiger partial charge in [0.2, 0.25) is 5.91 Å². The third-order valence-corrected chi connectivity index (χ3v) is 6.29. The minimum atomic E-state index is -0.0730. The van der Waals surface area contributed by atoms with Crippen molar-refractivity contribution in [3.8, 4) is 0 Å². The third-order valence-electron chi connectivity index (χ3n) is 5.28. The Morgan fingerprint density at radius 1 is 1.17 bits per heavy atom. The molecule has 1 fully saturated rings. The molecule has 6 heteroatoms. The Bertz CT molecular complexity index is 983. The van der Waals surface area contributed by atoms with E-state index in [-0.39, 0.29) is 5.91 Å². The van der Waals surface area contributed by atoms with E-state index in [2.05, 4.69) is 56.6 Å². The molecule has 1 atom stereocenters. The van der Waals surface area contributed by atoms with Crippen LogP contribution in [0.2, 0.25) is 0 Å². The highest BCUT2D eigenvalue weighted by atomic mass is 32.1. The van der Waals surface area contributed by atoms with Crippen LogP contribution in [0.15, 0.2) is 48.8 Å². The number of aryl methyl sites for hydroxylation is 1. The maximum atomic E-state index is 11.3. The fraction of sp³-hybridized carbons (Fsp3) is 0.348. The summed E-state index contributed by atoms with van der Waals surface area (Å²) in [5, 5.41) is 3.48. The van der Waals surface area contributed by atoms with Crippen LogP contribution < -0.4 is 5.32 Å². The average Bonchev–Trinajstić information content (AvgIpc) is 3.32. The van der Waals surface area contributed by atoms with Crippen LogP contribution in [-0.2, 0) is 17.8 Å². The number of hydrogen-bond donors (Lipinski definition) is 1. The van der Waals surface area contributed by atoms with Crippen LogP contribution in [0.25, 0.3) is 0 Å². The first-order valence-corrected chi connectivity index (χ1v) is 10.9. The fourth-order valence-corrected chi connectivity index (χ4v) is 4.97. The number of carbonyl (C=O) groups is 1. The summed E-state index contributed by atoms with van der Waals surface area (Å²) in [6.45, 7) is 5.58. The monoisotopic (exact) mass is 406 g/mol. The van der Waals surface area contributed by atoms with Crippen LogP contribution in [0.5, 0.6) is 0 Å². The number of hydrogen-bond acceptors (Lipinski definition) is 5. The maximum Gasteiger partial charge on any atom is 0.223 e. The molecule has 1 aromatic carbocycles. The Balaban J connectivity index is 1.40. The number of benzene rings is 1. The molecule has 0 aliphatic carbocycles. The lowest BCUT2D eigenvalue weighted by molar-refractivity contribution is -0.114. The minimum Gasteiger partial charge on any atom is -0.302 e. The van der Waals surface area contributed by atoms with E-state index >= 15 is 0 Å². The number of rotatable bonds is 6. The molecule has 0 spiro atoms. The standard InChI is InChI=1S/C23H26N4OS/c1-16-12-20(9-10-24-16)13-18-5-7-19(8-6-18)15-27-11-3-4-21(27)22-14-25-23(29-22)26-17(2)28/h5-10,12,14,21H,3-4,11,13,15H2,1-2H3,(H,25,26,28). The van der Waals surface area contributed by atoms with E-state index in [1.165, 1.54) is 34.9 Å². The van der Waals surface area contributed by atoms with Crippen LogP contribution in [0.3, 0.4) is 0 Å². The molecular formula is C23H26N4OS. The Morgan fingerprint density at radius 2 is 1.97 bits per heavy atom. The summed E-state index contributed by atoms with van der Waals surface area (Å²) in [6, 6.07) is 13.6. The molecule has 1 aliphatic rings. The van der Waals surface area contributed by atoms with Crippen molar-refractivity contribution >= 4 is 22.4 Å². The zero-order valence-electron chi connectivity index (χ0n) is 16.9. The van der Waals surface area contributed by atoms with Gasteiger partial charge in [0.05, 0.1) is 0 Å². The van der Waals surface area contributed by atoms with E-state index in [1.54, 1.807) is 11.3 Å². The number of thiazole rings is 1. The van der Waals surface area contributed by atoms with Gasteiger partial charge in [-0.05, 0) is 61.6 Å². The number of likely N-dealkylation sites (tertiary alicyclic amines) is 1. The van der Waals surface area contributed by atoms with E-state index < -0.39 is 0 Å². The van der Waals surface area contributed by atoms with Crippen LogP contribution in [0, 0.1) is 6.92 Å². The molecule has 3 aromatic rings. The van der Waals surface area contributed by atoms with E-state index in [9.17, 15) is 4.79 Å². The first-order chi connectivity index (χ1) is 14.1. The summed E-state index contributed by atoms with van der Waals surface area (Å²) in [5.74, 6) is -0.0730. The Labute approximate surface area is 175 Å². The second-order valence-electron chi connectivity index (χ2n) is 7.68. The fourth-order valence-electron chi connectivity index (χ4n) is 3.93. The summed E-state index contributed by atoms with van der Waals surface area (Å²) in [6.07, 6.45) is 7.06. The molecule has 1 N–H and O–H groups in total. The number of anilines is 1. The Morgan fingerprint density at radius 3 is 2.72 bits per heavy atom. The lowest BCUT2D eigenvalue weighted by Gasteiger charge is -2.23. The van der Waals surface area contributed by atoms with E-state index in [1.807, 2.05) is 19.3 Å². The molecule has 150 valence electrons. The van der Waals surface area contributed by atoms with E-state index in [0.717, 1.165) is 31.6 Å². The molecule has 1 amide bonds. The van der Waals surface area contributed by atoms with Gasteiger partial charge in [0, 0.05) is 42.5 Å². The average molecular weight is 407 g/mol. The highest BCUT2D eigenvalue weighted by Gasteiger charge is 2.27. The van der Waals surface area contributed by atoms with Gasteiger partial charge in [-0.15, -0.1) is 11.3 Å². The van der Waals surface area contributed by atoms with Crippen molar-refractivity contribution in [3.63, 3.8) is 0 Å². The van der Waals surface area contributed by atoms with Gasteiger partial charge in [-0.3, -0.25) is 14.7 Å². The van der Waals surface area contributed by atoms with Crippen molar-refractivity contribution in [2.75, 3.05) is 11.9 Å². The van der Waals surface area contributed by atoms with Crippen LogP contribution in [0.1, 0.15) is 53.1 Å². The molecule has 1 saturated heterocycles. The van der Waals surface area contributed by atoms with Crippen molar-refractivity contribution < 1.29 is 4.79 Å². The van der Waals surface area contributed by atoms with Gasteiger partial charge < -0.3 is 5.32 Å². The van der Waals surface area contributed by atoms with Gasteiger partial charge in [0.1, 0.15) is 0 Å². The molecule has 4 rings (SSSR count). The zero-order valence-corrected chi connectivity index (χ0v) is 17.7. The number of carbonyl (C=O) groups excluding carboxylic acids is 1. The Kier molecular flexibility index (Phi) is 6.02. The summed E-state index contributed by atoms with van der Waals surface area (Å²) in [4.78, 5) is 23.6. The number of pyridine rings is 1. The molecular weight excluding hydrogens is 380 g/mol. The van der Waals surface area contributed by atoms with Gasteiger partial charge in [0.25, 0.3) is 0 Å². The first kappa shape index (κ1) is 19.7. The predicted octanol–water partition coefficient (Wildman–Crippen LogP) is 4.73. The quantitative estimate of drug-likeness (QED) is 0.643. The SMILES string of the molecule is CC(=O)Nc1ncc(C2CCCN2Cc2ccc(Cc3ccnc(C)c3)cc2)s1. The molecule has 29 heavy (non-hydrogen) atoms. The van der Waals surface area contributed by atoms with Crippen LogP contribution in [-0.4, -0.2) is 27.3 Å². The largest absolute Gasteiger partial charge is 0.302 e. The van der Waals surface area contributed by atoms with Crippen molar-refractivity contribution in [2.45, 2.75) is 45.7 Å². The zero-order chi connectivity index (χ0) is 20.2. The molecule has 1 unspecified atom stereocenters. The van der Waals surface area contributed by atoms with Gasteiger partial charge in [-0.25, -0.2) is 4.98 Å². The third kappa shape index (κ3) is 5.08. The number of aromatic nitrogens is 2. The van der Waals surface area contributed by atoms with Crippen molar-refractivity contribution in [2.24, 2.45) is 0 Å². The molecule has 3 heterocycles. The second kappa shape index (κ2) is 8.84. The molecule has 5 nitrogen and oxygen atoms in total. The molecule has 1 aliphatic heterocycles. The summed E-state index contributed by atoms with van der Waals surface area (Å²) >= 11 is 1.59. The normalized spacial score (nSPS) is 16.8. The molecule has 0 saturated carbocycles. The van der Waals surface area contributed by atoms with E-state index in [4.69, 9.17) is 0 Å². The van der Waals surface area contributed by atoms with Gasteiger partial charge >= 0.3 is 0 Å². The molecule has 2 aromatic heterocycles. The molecule has 0 bridgehead atoms. The van der Waals surface area contributed by atoms with Gasteiger partial charge in [-0.2, -0.15) is 0 Å². The summed E-state index contributed by atoms with van der Waals surface area (Å²) in [7, 11) is 0. The summed E-state index contributed by atoms with van der Waals surface area (Å²) < 4.78 is 0. The maximum absolute atomic E-state index is 11.3. The van der Waals surface area contributed by atoms with Crippen molar-refractivity contribution in [1.29, 1.82) is 0 Å². The highest BCUT2D eigenvalue weighted by Crippen LogP contribution is 2.37. The van der Waals surface area contributed by atoms with Gasteiger partial charge in [0.15, 0.2) is 5.13 Å². The minimum absolute atomic E-state index is 0.0730. The summed E-state index contributed by atoms with van der Waals surface area (Å²) in [5.41, 5.74) is 5.01. The van der Waals surface area contributed by atoms with Crippen molar-refractivity contribution in [1.82, 2.24) is 14.9 Å². The Hall–Kier alpha value is -2.57. The smallest absolute Gasteiger partial charge is 0.223 e. The number of nitrogens with zero attached hydrogens (tertiary/aromatic N) is 3. The topological polar surface area (TPSA) is 58.1 Å². The van der Waals surface area contributed by atoms with Crippen molar-refractivity contribution in [3.05, 3.63) is 76.1 Å². The first-order valence-electron chi connectivity index (χ1n) is 10.0.